The standard InChI is InChI=1S/C12H17FO4/c1-14-11-6-5-9(7-10(11)13)8-12(15-2,16-3)17-4/h5-7H,8H2,1-4H3. The van der Waals surface area contributed by atoms with E-state index in [9.17, 15) is 4.39 Å². The van der Waals surface area contributed by atoms with E-state index in [1.807, 2.05) is 0 Å². The van der Waals surface area contributed by atoms with Crippen LogP contribution in [-0.4, -0.2) is 34.4 Å². The van der Waals surface area contributed by atoms with Crippen LogP contribution in [0.2, 0.25) is 0 Å². The van der Waals surface area contributed by atoms with Gasteiger partial charge < -0.3 is 18.9 Å². The fourth-order valence-corrected chi connectivity index (χ4v) is 1.54. The smallest absolute Gasteiger partial charge is 0.286 e. The Bertz CT molecular complexity index is 355. The van der Waals surface area contributed by atoms with Gasteiger partial charge in [0.05, 0.1) is 13.5 Å². The number of rotatable bonds is 6. The Morgan fingerprint density at radius 2 is 1.65 bits per heavy atom. The van der Waals surface area contributed by atoms with E-state index in [0.29, 0.717) is 5.56 Å². The molecule has 0 fully saturated rings. The lowest BCUT2D eigenvalue weighted by Crippen LogP contribution is -2.38. The molecular formula is C12H17FO4. The summed E-state index contributed by atoms with van der Waals surface area (Å²) in [6.45, 7) is 0. The van der Waals surface area contributed by atoms with E-state index in [4.69, 9.17) is 18.9 Å². The van der Waals surface area contributed by atoms with Crippen molar-refractivity contribution in [2.75, 3.05) is 28.4 Å². The van der Waals surface area contributed by atoms with Crippen molar-refractivity contribution in [3.63, 3.8) is 0 Å². The van der Waals surface area contributed by atoms with E-state index in [0.717, 1.165) is 0 Å². The maximum Gasteiger partial charge on any atom is 0.286 e. The molecule has 0 heterocycles. The highest BCUT2D eigenvalue weighted by molar-refractivity contribution is 5.29. The summed E-state index contributed by atoms with van der Waals surface area (Å²) in [5, 5.41) is 0. The lowest BCUT2D eigenvalue weighted by Gasteiger charge is -2.28. The second kappa shape index (κ2) is 5.95. The molecule has 1 aromatic carbocycles. The van der Waals surface area contributed by atoms with E-state index in [1.54, 1.807) is 12.1 Å². The topological polar surface area (TPSA) is 36.9 Å². The van der Waals surface area contributed by atoms with Crippen LogP contribution >= 0.6 is 0 Å². The molecule has 0 radical (unpaired) electrons. The van der Waals surface area contributed by atoms with Gasteiger partial charge in [-0.3, -0.25) is 0 Å². The lowest BCUT2D eigenvalue weighted by molar-refractivity contribution is -0.350. The Morgan fingerprint density at radius 1 is 1.06 bits per heavy atom. The molecule has 0 saturated heterocycles. The van der Waals surface area contributed by atoms with E-state index in [1.165, 1.54) is 34.5 Å². The maximum absolute atomic E-state index is 13.5. The van der Waals surface area contributed by atoms with Crippen molar-refractivity contribution in [3.8, 4) is 5.75 Å². The summed E-state index contributed by atoms with van der Waals surface area (Å²) in [5.41, 5.74) is 0.689. The molecule has 0 bridgehead atoms. The van der Waals surface area contributed by atoms with Gasteiger partial charge in [0.1, 0.15) is 0 Å². The third-order valence-electron chi connectivity index (χ3n) is 2.57. The molecule has 17 heavy (non-hydrogen) atoms. The number of benzene rings is 1. The third-order valence-corrected chi connectivity index (χ3v) is 2.57. The number of hydrogen-bond donors (Lipinski definition) is 0. The minimum absolute atomic E-state index is 0.201. The molecule has 0 spiro atoms. The summed E-state index contributed by atoms with van der Waals surface area (Å²) in [6, 6.07) is 4.65. The summed E-state index contributed by atoms with van der Waals surface area (Å²) in [6.07, 6.45) is 0.275. The summed E-state index contributed by atoms with van der Waals surface area (Å²) in [4.78, 5) is 0. The first-order valence-corrected chi connectivity index (χ1v) is 5.08. The summed E-state index contributed by atoms with van der Waals surface area (Å²) in [7, 11) is 5.81. The van der Waals surface area contributed by atoms with E-state index in [2.05, 4.69) is 0 Å². The van der Waals surface area contributed by atoms with Gasteiger partial charge >= 0.3 is 0 Å². The summed E-state index contributed by atoms with van der Waals surface area (Å²) in [5.74, 6) is -1.42. The molecule has 0 aliphatic rings. The molecule has 4 nitrogen and oxygen atoms in total. The van der Waals surface area contributed by atoms with Gasteiger partial charge in [0.15, 0.2) is 11.6 Å². The molecule has 0 aliphatic heterocycles. The molecular weight excluding hydrogens is 227 g/mol. The Kier molecular flexibility index (Phi) is 4.86. The quantitative estimate of drug-likeness (QED) is 0.717. The summed E-state index contributed by atoms with van der Waals surface area (Å²) < 4.78 is 33.7. The fraction of sp³-hybridized carbons (Fsp3) is 0.500. The van der Waals surface area contributed by atoms with Crippen LogP contribution in [-0.2, 0) is 20.6 Å². The molecule has 0 aliphatic carbocycles. The minimum Gasteiger partial charge on any atom is -0.494 e. The summed E-state index contributed by atoms with van der Waals surface area (Å²) >= 11 is 0. The highest BCUT2D eigenvalue weighted by Gasteiger charge is 2.30. The van der Waals surface area contributed by atoms with Gasteiger partial charge in [-0.2, -0.15) is 0 Å². The van der Waals surface area contributed by atoms with Gasteiger partial charge in [0, 0.05) is 21.3 Å². The van der Waals surface area contributed by atoms with Crippen molar-refractivity contribution >= 4 is 0 Å². The largest absolute Gasteiger partial charge is 0.494 e. The molecule has 0 N–H and O–H groups in total. The molecule has 1 aromatic rings. The SMILES string of the molecule is COc1ccc(CC(OC)(OC)OC)cc1F. The third kappa shape index (κ3) is 3.15. The highest BCUT2D eigenvalue weighted by Crippen LogP contribution is 2.23. The molecule has 5 heteroatoms. The zero-order chi connectivity index (χ0) is 12.9. The van der Waals surface area contributed by atoms with E-state index < -0.39 is 11.8 Å². The Balaban J connectivity index is 2.90. The molecule has 0 aromatic heterocycles. The Hall–Kier alpha value is -1.17. The van der Waals surface area contributed by atoms with Crippen molar-refractivity contribution in [1.29, 1.82) is 0 Å². The second-order valence-electron chi connectivity index (χ2n) is 3.44. The van der Waals surface area contributed by atoms with Crippen molar-refractivity contribution in [3.05, 3.63) is 29.6 Å². The van der Waals surface area contributed by atoms with Gasteiger partial charge in [-0.1, -0.05) is 6.07 Å². The number of methoxy groups -OCH3 is 4. The molecule has 96 valence electrons. The van der Waals surface area contributed by atoms with Crippen LogP contribution in [0, 0.1) is 5.82 Å². The van der Waals surface area contributed by atoms with Crippen LogP contribution in [0.25, 0.3) is 0 Å². The predicted octanol–water partition coefficient (Wildman–Crippen LogP) is 1.97. The van der Waals surface area contributed by atoms with Crippen molar-refractivity contribution in [2.45, 2.75) is 12.4 Å². The second-order valence-corrected chi connectivity index (χ2v) is 3.44. The van der Waals surface area contributed by atoms with Crippen molar-refractivity contribution in [1.82, 2.24) is 0 Å². The number of halogens is 1. The predicted molar refractivity (Wildman–Crippen MR) is 60.4 cm³/mol. The van der Waals surface area contributed by atoms with E-state index >= 15 is 0 Å². The number of hydrogen-bond acceptors (Lipinski definition) is 4. The highest BCUT2D eigenvalue weighted by atomic mass is 19.1. The maximum atomic E-state index is 13.5. The molecule has 0 atom stereocenters. The average molecular weight is 244 g/mol. The lowest BCUT2D eigenvalue weighted by atomic mass is 10.1. The first-order valence-electron chi connectivity index (χ1n) is 5.08. The van der Waals surface area contributed by atoms with Crippen LogP contribution in [0.5, 0.6) is 5.75 Å². The molecule has 1 rings (SSSR count). The number of ether oxygens (including phenoxy) is 4. The average Bonchev–Trinajstić information content (AvgIpc) is 2.36. The van der Waals surface area contributed by atoms with Gasteiger partial charge in [-0.25, -0.2) is 4.39 Å². The van der Waals surface area contributed by atoms with Crippen LogP contribution in [0.1, 0.15) is 5.56 Å². The van der Waals surface area contributed by atoms with Crippen LogP contribution < -0.4 is 4.74 Å². The Labute approximate surface area is 100 Å². The van der Waals surface area contributed by atoms with Gasteiger partial charge in [0.25, 0.3) is 5.97 Å². The van der Waals surface area contributed by atoms with Crippen molar-refractivity contribution < 1.29 is 23.3 Å². The van der Waals surface area contributed by atoms with Gasteiger partial charge in [0.2, 0.25) is 0 Å². The zero-order valence-corrected chi connectivity index (χ0v) is 10.5. The van der Waals surface area contributed by atoms with Crippen LogP contribution in [0.4, 0.5) is 4.39 Å². The normalized spacial score (nSPS) is 11.6. The Morgan fingerprint density at radius 3 is 2.06 bits per heavy atom. The van der Waals surface area contributed by atoms with Gasteiger partial charge in [-0.15, -0.1) is 0 Å². The molecule has 0 amide bonds. The monoisotopic (exact) mass is 244 g/mol. The first-order chi connectivity index (χ1) is 8.10. The zero-order valence-electron chi connectivity index (χ0n) is 10.5. The van der Waals surface area contributed by atoms with Crippen molar-refractivity contribution in [2.24, 2.45) is 0 Å². The van der Waals surface area contributed by atoms with Gasteiger partial charge in [-0.05, 0) is 17.7 Å². The fourth-order valence-electron chi connectivity index (χ4n) is 1.54. The molecule has 0 saturated carbocycles. The van der Waals surface area contributed by atoms with Crippen LogP contribution in [0.3, 0.4) is 0 Å². The minimum atomic E-state index is -1.19. The first kappa shape index (κ1) is 13.9. The van der Waals surface area contributed by atoms with Crippen LogP contribution in [0.15, 0.2) is 18.2 Å². The van der Waals surface area contributed by atoms with E-state index in [-0.39, 0.29) is 12.2 Å². The molecule has 0 unspecified atom stereocenters.